The third kappa shape index (κ3) is 1.87. The van der Waals surface area contributed by atoms with Crippen molar-refractivity contribution in [3.05, 3.63) is 35.1 Å². The minimum absolute atomic E-state index is 0.194. The Kier molecular flexibility index (Phi) is 2.47. The lowest BCUT2D eigenvalue weighted by molar-refractivity contribution is 0.111. The quantitative estimate of drug-likeness (QED) is 0.629. The van der Waals surface area contributed by atoms with Crippen LogP contribution in [0.4, 0.5) is 4.39 Å². The van der Waals surface area contributed by atoms with Crippen LogP contribution in [-0.2, 0) is 0 Å². The van der Waals surface area contributed by atoms with Crippen molar-refractivity contribution in [2.45, 2.75) is 0 Å². The van der Waals surface area contributed by atoms with Crippen LogP contribution in [0.5, 0.6) is 0 Å². The summed E-state index contributed by atoms with van der Waals surface area (Å²) in [6.45, 7) is 0. The van der Waals surface area contributed by atoms with Crippen LogP contribution in [-0.4, -0.2) is 21.2 Å². The number of halogens is 2. The van der Waals surface area contributed by atoms with Crippen molar-refractivity contribution in [3.8, 4) is 11.4 Å². The van der Waals surface area contributed by atoms with Gasteiger partial charge in [0, 0.05) is 18.0 Å². The van der Waals surface area contributed by atoms with Gasteiger partial charge in [0.25, 0.3) is 0 Å². The van der Waals surface area contributed by atoms with E-state index in [1.54, 1.807) is 0 Å². The molecular weight excluding hydrogens is 221 g/mol. The van der Waals surface area contributed by atoms with Crippen molar-refractivity contribution in [2.24, 2.45) is 0 Å². The lowest BCUT2D eigenvalue weighted by Gasteiger charge is -1.97. The largest absolute Gasteiger partial charge is 0.344 e. The van der Waals surface area contributed by atoms with Gasteiger partial charge in [-0.2, -0.15) is 0 Å². The molecule has 0 aliphatic heterocycles. The van der Waals surface area contributed by atoms with Crippen LogP contribution in [0.1, 0.15) is 10.5 Å². The van der Waals surface area contributed by atoms with E-state index < -0.39 is 5.82 Å². The van der Waals surface area contributed by atoms with E-state index in [0.717, 1.165) is 0 Å². The Hall–Kier alpha value is -1.75. The maximum Gasteiger partial charge on any atom is 0.170 e. The molecule has 1 N–H and O–H groups in total. The van der Waals surface area contributed by atoms with Crippen molar-refractivity contribution in [1.82, 2.24) is 15.0 Å². The highest BCUT2D eigenvalue weighted by molar-refractivity contribution is 6.29. The molecule has 2 aromatic rings. The van der Waals surface area contributed by atoms with Crippen LogP contribution in [0.2, 0.25) is 5.15 Å². The van der Waals surface area contributed by atoms with Crippen molar-refractivity contribution in [1.29, 1.82) is 0 Å². The maximum atomic E-state index is 13.0. The topological polar surface area (TPSA) is 58.6 Å². The van der Waals surface area contributed by atoms with E-state index in [4.69, 9.17) is 11.6 Å². The van der Waals surface area contributed by atoms with Gasteiger partial charge in [0.2, 0.25) is 0 Å². The second-order valence-electron chi connectivity index (χ2n) is 2.79. The first-order valence-electron chi connectivity index (χ1n) is 4.02. The number of rotatable bonds is 2. The molecule has 0 aliphatic carbocycles. The molecule has 0 saturated carbocycles. The first-order chi connectivity index (χ1) is 7.20. The summed E-state index contributed by atoms with van der Waals surface area (Å²) in [5.74, 6) is -0.251. The molecule has 0 atom stereocenters. The molecule has 76 valence electrons. The zero-order valence-electron chi connectivity index (χ0n) is 7.37. The zero-order valence-corrected chi connectivity index (χ0v) is 8.12. The first kappa shape index (κ1) is 9.79. The van der Waals surface area contributed by atoms with E-state index in [1.165, 1.54) is 18.5 Å². The van der Waals surface area contributed by atoms with E-state index in [9.17, 15) is 9.18 Å². The fraction of sp³-hybridized carbons (Fsp3) is 0. The minimum atomic E-state index is -0.627. The van der Waals surface area contributed by atoms with Crippen LogP contribution < -0.4 is 0 Å². The number of hydrogen-bond acceptors (Lipinski definition) is 3. The van der Waals surface area contributed by atoms with Gasteiger partial charge in [-0.15, -0.1) is 0 Å². The number of carbonyl (C=O) groups is 1. The molecule has 0 aromatic carbocycles. The second kappa shape index (κ2) is 3.78. The molecule has 2 rings (SSSR count). The SMILES string of the molecule is O=Cc1c[nH]c(-c2cnc(Cl)c(F)c2)n1. The highest BCUT2D eigenvalue weighted by Gasteiger charge is 2.07. The molecule has 0 bridgehead atoms. The Morgan fingerprint density at radius 3 is 2.93 bits per heavy atom. The molecule has 0 saturated heterocycles. The van der Waals surface area contributed by atoms with Crippen molar-refractivity contribution in [3.63, 3.8) is 0 Å². The van der Waals surface area contributed by atoms with E-state index >= 15 is 0 Å². The molecule has 4 nitrogen and oxygen atoms in total. The van der Waals surface area contributed by atoms with E-state index in [0.29, 0.717) is 17.7 Å². The summed E-state index contributed by atoms with van der Waals surface area (Å²) in [4.78, 5) is 20.6. The Labute approximate surface area is 89.1 Å². The molecule has 15 heavy (non-hydrogen) atoms. The number of pyridine rings is 1. The van der Waals surface area contributed by atoms with Gasteiger partial charge in [-0.3, -0.25) is 4.79 Å². The summed E-state index contributed by atoms with van der Waals surface area (Å²) in [6, 6.07) is 1.20. The predicted octanol–water partition coefficient (Wildman–Crippen LogP) is 2.08. The Balaban J connectivity index is 2.44. The minimum Gasteiger partial charge on any atom is -0.344 e. The Morgan fingerprint density at radius 2 is 2.33 bits per heavy atom. The number of aromatic nitrogens is 3. The summed E-state index contributed by atoms with van der Waals surface area (Å²) < 4.78 is 13.0. The summed E-state index contributed by atoms with van der Waals surface area (Å²) in [6.07, 6.45) is 3.40. The summed E-state index contributed by atoms with van der Waals surface area (Å²) in [7, 11) is 0. The van der Waals surface area contributed by atoms with E-state index in [1.807, 2.05) is 0 Å². The molecule has 0 unspecified atom stereocenters. The van der Waals surface area contributed by atoms with E-state index in [-0.39, 0.29) is 10.8 Å². The first-order valence-corrected chi connectivity index (χ1v) is 4.40. The Bertz CT molecular complexity index is 512. The molecule has 2 aromatic heterocycles. The number of carbonyl (C=O) groups excluding carboxylic acids is 1. The number of imidazole rings is 1. The number of aldehydes is 1. The lowest BCUT2D eigenvalue weighted by Crippen LogP contribution is -1.87. The number of nitrogens with zero attached hydrogens (tertiary/aromatic N) is 2. The highest BCUT2D eigenvalue weighted by Crippen LogP contribution is 2.19. The number of aromatic amines is 1. The zero-order chi connectivity index (χ0) is 10.8. The highest BCUT2D eigenvalue weighted by atomic mass is 35.5. The molecule has 6 heteroatoms. The van der Waals surface area contributed by atoms with Crippen LogP contribution in [0, 0.1) is 5.82 Å². The molecule has 0 spiro atoms. The van der Waals surface area contributed by atoms with Gasteiger partial charge in [-0.1, -0.05) is 11.6 Å². The van der Waals surface area contributed by atoms with Crippen molar-refractivity contribution >= 4 is 17.9 Å². The molecular formula is C9H5ClFN3O. The number of H-pyrrole nitrogens is 1. The van der Waals surface area contributed by atoms with Crippen LogP contribution in [0.3, 0.4) is 0 Å². The fourth-order valence-electron chi connectivity index (χ4n) is 1.09. The summed E-state index contributed by atoms with van der Waals surface area (Å²) in [5, 5.41) is -0.194. The van der Waals surface area contributed by atoms with Crippen LogP contribution >= 0.6 is 11.6 Å². The maximum absolute atomic E-state index is 13.0. The van der Waals surface area contributed by atoms with Crippen LogP contribution in [0.25, 0.3) is 11.4 Å². The molecule has 2 heterocycles. The van der Waals surface area contributed by atoms with Gasteiger partial charge in [-0.05, 0) is 6.07 Å². The predicted molar refractivity (Wildman–Crippen MR) is 52.2 cm³/mol. The fourth-order valence-corrected chi connectivity index (χ4v) is 1.20. The monoisotopic (exact) mass is 225 g/mol. The number of hydrogen-bond donors (Lipinski definition) is 1. The van der Waals surface area contributed by atoms with Crippen LogP contribution in [0.15, 0.2) is 18.5 Å². The van der Waals surface area contributed by atoms with Gasteiger partial charge < -0.3 is 4.98 Å². The van der Waals surface area contributed by atoms with Gasteiger partial charge in [0.15, 0.2) is 17.3 Å². The third-order valence-electron chi connectivity index (χ3n) is 1.79. The average Bonchev–Trinajstić information content (AvgIpc) is 2.70. The molecule has 0 fully saturated rings. The van der Waals surface area contributed by atoms with Gasteiger partial charge in [-0.25, -0.2) is 14.4 Å². The summed E-state index contributed by atoms with van der Waals surface area (Å²) in [5.41, 5.74) is 0.686. The Morgan fingerprint density at radius 1 is 1.53 bits per heavy atom. The number of nitrogens with one attached hydrogen (secondary N) is 1. The van der Waals surface area contributed by atoms with Gasteiger partial charge >= 0.3 is 0 Å². The summed E-state index contributed by atoms with van der Waals surface area (Å²) >= 11 is 5.43. The van der Waals surface area contributed by atoms with Crippen molar-refractivity contribution in [2.75, 3.05) is 0 Å². The standard InChI is InChI=1S/C9H5ClFN3O/c10-8-7(11)1-5(2-12-8)9-13-3-6(4-15)14-9/h1-4H,(H,13,14). The van der Waals surface area contributed by atoms with Gasteiger partial charge in [0.05, 0.1) is 0 Å². The van der Waals surface area contributed by atoms with E-state index in [2.05, 4.69) is 15.0 Å². The molecule has 0 radical (unpaired) electrons. The van der Waals surface area contributed by atoms with Crippen molar-refractivity contribution < 1.29 is 9.18 Å². The normalized spacial score (nSPS) is 10.3. The lowest BCUT2D eigenvalue weighted by atomic mass is 10.3. The van der Waals surface area contributed by atoms with Gasteiger partial charge in [0.1, 0.15) is 11.5 Å². The third-order valence-corrected chi connectivity index (χ3v) is 2.07. The second-order valence-corrected chi connectivity index (χ2v) is 3.15. The smallest absolute Gasteiger partial charge is 0.170 e. The molecule has 0 aliphatic rings. The molecule has 0 amide bonds. The average molecular weight is 226 g/mol.